The van der Waals surface area contributed by atoms with Crippen LogP contribution in [0.4, 0.5) is 11.5 Å². The monoisotopic (exact) mass is 422 g/mol. The summed E-state index contributed by atoms with van der Waals surface area (Å²) in [6.45, 7) is 3.91. The van der Waals surface area contributed by atoms with Crippen LogP contribution in [0.25, 0.3) is 11.3 Å². The summed E-state index contributed by atoms with van der Waals surface area (Å²) in [5, 5.41) is 12.0. The minimum absolute atomic E-state index is 0.117. The summed E-state index contributed by atoms with van der Waals surface area (Å²) in [7, 11) is 0. The molecule has 1 aliphatic heterocycles. The maximum atomic E-state index is 12.2. The lowest BCUT2D eigenvalue weighted by Crippen LogP contribution is -2.20. The number of nitrogens with zero attached hydrogens (tertiary/aromatic N) is 3. The molecule has 1 amide bonds. The molecule has 2 heterocycles. The second-order valence-electron chi connectivity index (χ2n) is 7.32. The number of anilines is 2. The quantitative estimate of drug-likeness (QED) is 0.622. The first-order valence-corrected chi connectivity index (χ1v) is 10.3. The summed E-state index contributed by atoms with van der Waals surface area (Å²) in [5.41, 5.74) is 3.44. The highest BCUT2D eigenvalue weighted by Gasteiger charge is 2.14. The number of nitrogens with one attached hydrogen (secondary N) is 1. The first-order valence-electron chi connectivity index (χ1n) is 9.96. The van der Waals surface area contributed by atoms with E-state index in [0.29, 0.717) is 16.5 Å². The first-order chi connectivity index (χ1) is 14.6. The Kier molecular flexibility index (Phi) is 6.14. The van der Waals surface area contributed by atoms with Gasteiger partial charge in [-0.2, -0.15) is 0 Å². The predicted molar refractivity (Wildman–Crippen MR) is 119 cm³/mol. The van der Waals surface area contributed by atoms with E-state index in [0.717, 1.165) is 35.7 Å². The van der Waals surface area contributed by atoms with Gasteiger partial charge in [-0.05, 0) is 61.7 Å². The number of carbonyl (C=O) groups is 1. The molecular weight excluding hydrogens is 400 g/mol. The second kappa shape index (κ2) is 9.13. The number of halogens is 1. The number of carbonyl (C=O) groups excluding carboxylic acids is 1. The Morgan fingerprint density at radius 1 is 1.07 bits per heavy atom. The zero-order valence-corrected chi connectivity index (χ0v) is 17.5. The van der Waals surface area contributed by atoms with Gasteiger partial charge in [0, 0.05) is 24.3 Å². The summed E-state index contributed by atoms with van der Waals surface area (Å²) in [5.74, 6) is 1.17. The van der Waals surface area contributed by atoms with E-state index in [1.807, 2.05) is 49.4 Å². The van der Waals surface area contributed by atoms with E-state index in [9.17, 15) is 4.79 Å². The molecule has 0 atom stereocenters. The lowest BCUT2D eigenvalue weighted by Gasteiger charge is -2.15. The minimum Gasteiger partial charge on any atom is -0.482 e. The summed E-state index contributed by atoms with van der Waals surface area (Å²) < 4.78 is 5.53. The molecule has 6 nitrogen and oxygen atoms in total. The van der Waals surface area contributed by atoms with Crippen LogP contribution in [0, 0.1) is 6.92 Å². The maximum absolute atomic E-state index is 12.2. The molecule has 0 unspecified atom stereocenters. The standard InChI is InChI=1S/C23H23ClN4O2/c1-16-4-9-19(24)21(14-16)30-15-23(29)25-18-7-5-17(6-8-18)20-10-11-22(27-26-20)28-12-2-3-13-28/h4-11,14H,2-3,12-13,15H2,1H3,(H,25,29). The van der Waals surface area contributed by atoms with E-state index in [-0.39, 0.29) is 12.5 Å². The van der Waals surface area contributed by atoms with Crippen LogP contribution in [0.3, 0.4) is 0 Å². The summed E-state index contributed by atoms with van der Waals surface area (Å²) in [6.07, 6.45) is 2.42. The van der Waals surface area contributed by atoms with E-state index in [4.69, 9.17) is 16.3 Å². The third-order valence-corrected chi connectivity index (χ3v) is 5.30. The topological polar surface area (TPSA) is 67.3 Å². The number of ether oxygens (including phenoxy) is 1. The van der Waals surface area contributed by atoms with Gasteiger partial charge >= 0.3 is 0 Å². The van der Waals surface area contributed by atoms with Crippen LogP contribution in [-0.4, -0.2) is 35.8 Å². The molecule has 2 aromatic carbocycles. The Morgan fingerprint density at radius 3 is 2.53 bits per heavy atom. The van der Waals surface area contributed by atoms with Gasteiger partial charge in [0.05, 0.1) is 10.7 Å². The van der Waals surface area contributed by atoms with E-state index in [2.05, 4.69) is 20.4 Å². The Balaban J connectivity index is 1.34. The van der Waals surface area contributed by atoms with Crippen molar-refractivity contribution in [2.45, 2.75) is 19.8 Å². The van der Waals surface area contributed by atoms with Crippen molar-refractivity contribution >= 4 is 29.0 Å². The predicted octanol–water partition coefficient (Wildman–Crippen LogP) is 4.72. The average Bonchev–Trinajstić information content (AvgIpc) is 3.30. The van der Waals surface area contributed by atoms with Crippen molar-refractivity contribution in [1.29, 1.82) is 0 Å². The molecule has 1 saturated heterocycles. The molecule has 1 aromatic heterocycles. The number of benzene rings is 2. The van der Waals surface area contributed by atoms with Crippen LogP contribution >= 0.6 is 11.6 Å². The molecule has 154 valence electrons. The van der Waals surface area contributed by atoms with E-state index >= 15 is 0 Å². The lowest BCUT2D eigenvalue weighted by atomic mass is 10.1. The molecule has 1 aliphatic rings. The van der Waals surface area contributed by atoms with Gasteiger partial charge in [-0.25, -0.2) is 0 Å². The molecule has 1 fully saturated rings. The van der Waals surface area contributed by atoms with Gasteiger partial charge in [-0.3, -0.25) is 4.79 Å². The molecule has 4 rings (SSSR count). The van der Waals surface area contributed by atoms with Crippen molar-refractivity contribution in [1.82, 2.24) is 10.2 Å². The number of aryl methyl sites for hydroxylation is 1. The number of hydrogen-bond acceptors (Lipinski definition) is 5. The highest BCUT2D eigenvalue weighted by Crippen LogP contribution is 2.25. The number of aromatic nitrogens is 2. The van der Waals surface area contributed by atoms with Gasteiger partial charge in [-0.15, -0.1) is 10.2 Å². The zero-order chi connectivity index (χ0) is 20.9. The molecule has 0 aliphatic carbocycles. The van der Waals surface area contributed by atoms with Crippen molar-refractivity contribution in [3.8, 4) is 17.0 Å². The summed E-state index contributed by atoms with van der Waals surface area (Å²) >= 11 is 6.09. The smallest absolute Gasteiger partial charge is 0.262 e. The third kappa shape index (κ3) is 4.89. The molecule has 7 heteroatoms. The molecule has 0 radical (unpaired) electrons. The molecular formula is C23H23ClN4O2. The van der Waals surface area contributed by atoms with Crippen molar-refractivity contribution in [3.05, 3.63) is 65.2 Å². The van der Waals surface area contributed by atoms with E-state index in [1.54, 1.807) is 12.1 Å². The lowest BCUT2D eigenvalue weighted by molar-refractivity contribution is -0.118. The van der Waals surface area contributed by atoms with E-state index < -0.39 is 0 Å². The van der Waals surface area contributed by atoms with Gasteiger partial charge in [0.1, 0.15) is 5.75 Å². The van der Waals surface area contributed by atoms with Gasteiger partial charge in [0.15, 0.2) is 12.4 Å². The fraction of sp³-hybridized carbons (Fsp3) is 0.261. The van der Waals surface area contributed by atoms with Crippen LogP contribution in [0.2, 0.25) is 5.02 Å². The fourth-order valence-electron chi connectivity index (χ4n) is 3.38. The Bertz CT molecular complexity index is 1020. The normalized spacial score (nSPS) is 13.3. The van der Waals surface area contributed by atoms with Crippen molar-refractivity contribution < 1.29 is 9.53 Å². The molecule has 0 bridgehead atoms. The SMILES string of the molecule is Cc1ccc(Cl)c(OCC(=O)Nc2ccc(-c3ccc(N4CCCC4)nn3)cc2)c1. The van der Waals surface area contributed by atoms with Crippen LogP contribution in [0.5, 0.6) is 5.75 Å². The highest BCUT2D eigenvalue weighted by atomic mass is 35.5. The minimum atomic E-state index is -0.255. The third-order valence-electron chi connectivity index (χ3n) is 4.99. The van der Waals surface area contributed by atoms with Gasteiger partial charge in [-0.1, -0.05) is 29.8 Å². The second-order valence-corrected chi connectivity index (χ2v) is 7.73. The summed E-state index contributed by atoms with van der Waals surface area (Å²) in [4.78, 5) is 14.4. The maximum Gasteiger partial charge on any atom is 0.262 e. The molecule has 30 heavy (non-hydrogen) atoms. The Hall–Kier alpha value is -3.12. The Morgan fingerprint density at radius 2 is 1.83 bits per heavy atom. The molecule has 1 N–H and O–H groups in total. The van der Waals surface area contributed by atoms with Gasteiger partial charge in [0.25, 0.3) is 5.91 Å². The zero-order valence-electron chi connectivity index (χ0n) is 16.8. The molecule has 3 aromatic rings. The van der Waals surface area contributed by atoms with Crippen LogP contribution < -0.4 is 15.0 Å². The summed E-state index contributed by atoms with van der Waals surface area (Å²) in [6, 6.07) is 16.9. The van der Waals surface area contributed by atoms with Crippen molar-refractivity contribution in [3.63, 3.8) is 0 Å². The first kappa shape index (κ1) is 20.2. The van der Waals surface area contributed by atoms with Crippen LogP contribution in [0.1, 0.15) is 18.4 Å². The molecule has 0 saturated carbocycles. The van der Waals surface area contributed by atoms with Crippen molar-refractivity contribution in [2.75, 3.05) is 29.9 Å². The fourth-order valence-corrected chi connectivity index (χ4v) is 3.55. The van der Waals surface area contributed by atoms with Gasteiger partial charge in [0.2, 0.25) is 0 Å². The van der Waals surface area contributed by atoms with Crippen LogP contribution in [-0.2, 0) is 4.79 Å². The van der Waals surface area contributed by atoms with Crippen LogP contribution in [0.15, 0.2) is 54.6 Å². The van der Waals surface area contributed by atoms with E-state index in [1.165, 1.54) is 12.8 Å². The number of amides is 1. The largest absolute Gasteiger partial charge is 0.482 e. The van der Waals surface area contributed by atoms with Gasteiger partial charge < -0.3 is 15.0 Å². The average molecular weight is 423 g/mol. The highest BCUT2D eigenvalue weighted by molar-refractivity contribution is 6.32. The Labute approximate surface area is 180 Å². The van der Waals surface area contributed by atoms with Crippen molar-refractivity contribution in [2.24, 2.45) is 0 Å². The number of hydrogen-bond donors (Lipinski definition) is 1. The molecule has 0 spiro atoms. The number of rotatable bonds is 6.